The van der Waals surface area contributed by atoms with Crippen LogP contribution in [-0.2, 0) is 16.6 Å². The van der Waals surface area contributed by atoms with Gasteiger partial charge in [-0.2, -0.15) is 4.31 Å². The first kappa shape index (κ1) is 16.6. The van der Waals surface area contributed by atoms with Crippen LogP contribution in [0.15, 0.2) is 9.31 Å². The van der Waals surface area contributed by atoms with Crippen LogP contribution in [0.25, 0.3) is 0 Å². The third-order valence-corrected chi connectivity index (χ3v) is 5.79. The molecule has 0 fully saturated rings. The van der Waals surface area contributed by atoms with Gasteiger partial charge in [0.05, 0.1) is 6.54 Å². The predicted molar refractivity (Wildman–Crippen MR) is 78.4 cm³/mol. The van der Waals surface area contributed by atoms with E-state index in [2.05, 4.69) is 10.2 Å². The summed E-state index contributed by atoms with van der Waals surface area (Å²) in [5, 5.41) is 18.2. The number of hydrogen-bond donors (Lipinski definition) is 1. The van der Waals surface area contributed by atoms with Crippen LogP contribution in [0.4, 0.5) is 0 Å². The number of hydrogen-bond acceptors (Lipinski definition) is 7. The lowest BCUT2D eigenvalue weighted by molar-refractivity contribution is 0.0691. The Labute approximate surface area is 131 Å². The fraction of sp³-hybridized carbons (Fsp3) is 0.417. The number of carboxylic acid groups (broad SMARTS) is 1. The van der Waals surface area contributed by atoms with Gasteiger partial charge in [0, 0.05) is 7.05 Å². The van der Waals surface area contributed by atoms with E-state index >= 15 is 0 Å². The van der Waals surface area contributed by atoms with Crippen molar-refractivity contribution >= 4 is 27.3 Å². The number of aromatic carboxylic acids is 1. The molecule has 0 unspecified atom stereocenters. The van der Waals surface area contributed by atoms with Crippen LogP contribution in [0, 0.1) is 20.8 Å². The van der Waals surface area contributed by atoms with Crippen LogP contribution in [0.2, 0.25) is 0 Å². The summed E-state index contributed by atoms with van der Waals surface area (Å²) in [7, 11) is -2.66. The van der Waals surface area contributed by atoms with E-state index in [1.54, 1.807) is 6.92 Å². The van der Waals surface area contributed by atoms with Crippen LogP contribution < -0.4 is 0 Å². The number of carboxylic acids is 1. The predicted octanol–water partition coefficient (Wildman–Crippen LogP) is 1.58. The third-order valence-electron chi connectivity index (χ3n) is 3.01. The number of rotatable bonds is 5. The van der Waals surface area contributed by atoms with E-state index in [1.807, 2.05) is 0 Å². The summed E-state index contributed by atoms with van der Waals surface area (Å²) in [5.74, 6) is -1.23. The molecule has 2 rings (SSSR count). The maximum absolute atomic E-state index is 12.7. The maximum Gasteiger partial charge on any atom is 0.340 e. The van der Waals surface area contributed by atoms with Crippen molar-refractivity contribution in [2.24, 2.45) is 0 Å². The Hall–Kier alpha value is -1.78. The number of aromatic nitrogens is 2. The highest BCUT2D eigenvalue weighted by Gasteiger charge is 2.34. The third kappa shape index (κ3) is 2.89. The first-order valence-electron chi connectivity index (χ1n) is 6.23. The molecule has 2 heterocycles. The van der Waals surface area contributed by atoms with Gasteiger partial charge in [-0.05, 0) is 20.8 Å². The minimum atomic E-state index is -4.02. The lowest BCUT2D eigenvalue weighted by atomic mass is 10.2. The second kappa shape index (κ2) is 5.78. The first-order chi connectivity index (χ1) is 10.1. The SMILES string of the molecule is Cc1nnc(CN(C)S(=O)(=O)c2c(C)oc(C)c2C(=O)O)s1. The van der Waals surface area contributed by atoms with Crippen LogP contribution in [0.3, 0.4) is 0 Å². The Morgan fingerprint density at radius 1 is 1.27 bits per heavy atom. The fourth-order valence-corrected chi connectivity index (χ4v) is 4.40. The normalized spacial score (nSPS) is 12.0. The van der Waals surface area contributed by atoms with Crippen LogP contribution in [-0.4, -0.2) is 41.0 Å². The molecular weight excluding hydrogens is 330 g/mol. The van der Waals surface area contributed by atoms with Gasteiger partial charge in [-0.3, -0.25) is 0 Å². The Morgan fingerprint density at radius 3 is 2.41 bits per heavy atom. The Kier molecular flexibility index (Phi) is 4.36. The summed E-state index contributed by atoms with van der Waals surface area (Å²) in [4.78, 5) is 11.0. The average molecular weight is 345 g/mol. The molecule has 0 aromatic carbocycles. The largest absolute Gasteiger partial charge is 0.478 e. The van der Waals surface area contributed by atoms with Crippen molar-refractivity contribution in [2.45, 2.75) is 32.2 Å². The quantitative estimate of drug-likeness (QED) is 0.875. The van der Waals surface area contributed by atoms with Crippen LogP contribution in [0.5, 0.6) is 0 Å². The van der Waals surface area contributed by atoms with Crippen molar-refractivity contribution in [1.82, 2.24) is 14.5 Å². The molecule has 0 saturated carbocycles. The van der Waals surface area contributed by atoms with Crippen molar-refractivity contribution in [3.05, 3.63) is 27.1 Å². The van der Waals surface area contributed by atoms with Gasteiger partial charge >= 0.3 is 5.97 Å². The molecule has 1 N–H and O–H groups in total. The van der Waals surface area contributed by atoms with E-state index in [-0.39, 0.29) is 28.5 Å². The smallest absolute Gasteiger partial charge is 0.340 e. The second-order valence-corrected chi connectivity index (χ2v) is 7.95. The van der Waals surface area contributed by atoms with Gasteiger partial charge in [-0.1, -0.05) is 0 Å². The molecule has 0 aliphatic rings. The van der Waals surface area contributed by atoms with E-state index in [0.29, 0.717) is 5.01 Å². The molecule has 0 aliphatic carbocycles. The van der Waals surface area contributed by atoms with Gasteiger partial charge < -0.3 is 9.52 Å². The lowest BCUT2D eigenvalue weighted by Crippen LogP contribution is -2.28. The van der Waals surface area contributed by atoms with Crippen molar-refractivity contribution in [2.75, 3.05) is 7.05 Å². The number of furan rings is 1. The van der Waals surface area contributed by atoms with Gasteiger partial charge in [-0.15, -0.1) is 21.5 Å². The van der Waals surface area contributed by atoms with Gasteiger partial charge in [0.25, 0.3) is 0 Å². The summed E-state index contributed by atoms with van der Waals surface area (Å²) in [6.07, 6.45) is 0. The molecule has 0 aliphatic heterocycles. The average Bonchev–Trinajstić information content (AvgIpc) is 2.92. The molecule has 0 saturated heterocycles. The molecule has 0 atom stereocenters. The molecule has 22 heavy (non-hydrogen) atoms. The number of aryl methyl sites for hydroxylation is 3. The second-order valence-electron chi connectivity index (χ2n) is 4.70. The molecule has 2 aromatic heterocycles. The Morgan fingerprint density at radius 2 is 1.91 bits per heavy atom. The topological polar surface area (TPSA) is 114 Å². The molecule has 10 heteroatoms. The minimum absolute atomic E-state index is 0.0105. The van der Waals surface area contributed by atoms with Crippen molar-refractivity contribution in [1.29, 1.82) is 0 Å². The number of carbonyl (C=O) groups is 1. The molecule has 0 bridgehead atoms. The number of sulfonamides is 1. The van der Waals surface area contributed by atoms with Gasteiger partial charge in [0.15, 0.2) is 0 Å². The van der Waals surface area contributed by atoms with Gasteiger partial charge in [-0.25, -0.2) is 13.2 Å². The Bertz CT molecular complexity index is 822. The van der Waals surface area contributed by atoms with E-state index in [0.717, 1.165) is 9.31 Å². The molecule has 0 amide bonds. The minimum Gasteiger partial charge on any atom is -0.478 e. The van der Waals surface area contributed by atoms with E-state index in [1.165, 1.54) is 32.2 Å². The zero-order valence-corrected chi connectivity index (χ0v) is 14.1. The highest BCUT2D eigenvalue weighted by atomic mass is 32.2. The fourth-order valence-electron chi connectivity index (χ4n) is 2.05. The number of nitrogens with zero attached hydrogens (tertiary/aromatic N) is 3. The zero-order valence-electron chi connectivity index (χ0n) is 12.4. The standard InChI is InChI=1S/C12H15N3O5S2/c1-6-10(12(16)17)11(7(2)20-6)22(18,19)15(4)5-9-14-13-8(3)21-9/h5H2,1-4H3,(H,16,17). The van der Waals surface area contributed by atoms with Crippen molar-refractivity contribution in [3.63, 3.8) is 0 Å². The molecule has 8 nitrogen and oxygen atoms in total. The van der Waals surface area contributed by atoms with Crippen LogP contribution in [0.1, 0.15) is 31.9 Å². The van der Waals surface area contributed by atoms with E-state index < -0.39 is 16.0 Å². The lowest BCUT2D eigenvalue weighted by Gasteiger charge is -2.15. The molecule has 2 aromatic rings. The van der Waals surface area contributed by atoms with E-state index in [9.17, 15) is 18.3 Å². The maximum atomic E-state index is 12.7. The van der Waals surface area contributed by atoms with Gasteiger partial charge in [0.2, 0.25) is 10.0 Å². The summed E-state index contributed by atoms with van der Waals surface area (Å²) >= 11 is 1.28. The summed E-state index contributed by atoms with van der Waals surface area (Å²) in [6.45, 7) is 4.62. The molecule has 0 radical (unpaired) electrons. The molecular formula is C12H15N3O5S2. The highest BCUT2D eigenvalue weighted by molar-refractivity contribution is 7.89. The first-order valence-corrected chi connectivity index (χ1v) is 8.49. The summed E-state index contributed by atoms with van der Waals surface area (Å²) < 4.78 is 31.5. The van der Waals surface area contributed by atoms with Crippen molar-refractivity contribution < 1.29 is 22.7 Å². The summed E-state index contributed by atoms with van der Waals surface area (Å²) in [6, 6.07) is 0. The van der Waals surface area contributed by atoms with Crippen LogP contribution >= 0.6 is 11.3 Å². The van der Waals surface area contributed by atoms with Gasteiger partial charge in [0.1, 0.15) is 32.0 Å². The zero-order chi connectivity index (χ0) is 16.7. The molecule has 120 valence electrons. The summed E-state index contributed by atoms with van der Waals surface area (Å²) in [5.41, 5.74) is -0.335. The monoisotopic (exact) mass is 345 g/mol. The van der Waals surface area contributed by atoms with Crippen molar-refractivity contribution in [3.8, 4) is 0 Å². The van der Waals surface area contributed by atoms with E-state index in [4.69, 9.17) is 4.42 Å². The highest BCUT2D eigenvalue weighted by Crippen LogP contribution is 2.29. The Balaban J connectivity index is 2.44. The molecule has 0 spiro atoms.